The Labute approximate surface area is 164 Å². The highest BCUT2D eigenvalue weighted by molar-refractivity contribution is 7.99. The third-order valence-corrected chi connectivity index (χ3v) is 5.38. The van der Waals surface area contributed by atoms with Crippen molar-refractivity contribution in [3.63, 3.8) is 0 Å². The van der Waals surface area contributed by atoms with Crippen LogP contribution in [0.2, 0.25) is 0 Å². The van der Waals surface area contributed by atoms with Gasteiger partial charge in [0.1, 0.15) is 0 Å². The van der Waals surface area contributed by atoms with Gasteiger partial charge in [-0.3, -0.25) is 9.59 Å². The number of carbonyl (C=O) groups is 2. The summed E-state index contributed by atoms with van der Waals surface area (Å²) in [5.41, 5.74) is 0.835. The summed E-state index contributed by atoms with van der Waals surface area (Å²) in [7, 11) is 2.99. The molecule has 1 atom stereocenters. The third kappa shape index (κ3) is 5.52. The van der Waals surface area contributed by atoms with E-state index in [1.165, 1.54) is 26.0 Å². The number of aliphatic hydroxyl groups excluding tert-OH is 1. The van der Waals surface area contributed by atoms with Gasteiger partial charge in [-0.1, -0.05) is 6.92 Å². The third-order valence-electron chi connectivity index (χ3n) is 4.50. The summed E-state index contributed by atoms with van der Waals surface area (Å²) in [6.45, 7) is 3.24. The van der Waals surface area contributed by atoms with Crippen LogP contribution in [0.4, 0.5) is 5.69 Å². The molecule has 1 saturated heterocycles. The van der Waals surface area contributed by atoms with Crippen molar-refractivity contribution in [3.05, 3.63) is 17.7 Å². The highest BCUT2D eigenvalue weighted by Crippen LogP contribution is 2.37. The van der Waals surface area contributed by atoms with Gasteiger partial charge in [0.25, 0.3) is 5.91 Å². The van der Waals surface area contributed by atoms with Crippen LogP contribution in [0.3, 0.4) is 0 Å². The molecule has 2 N–H and O–H groups in total. The lowest BCUT2D eigenvalue weighted by Crippen LogP contribution is -2.41. The highest BCUT2D eigenvalue weighted by atomic mass is 32.2. The second-order valence-electron chi connectivity index (χ2n) is 6.39. The molecule has 0 aromatic heterocycles. The van der Waals surface area contributed by atoms with Crippen LogP contribution in [-0.4, -0.2) is 67.2 Å². The molecule has 1 aliphatic rings. The summed E-state index contributed by atoms with van der Waals surface area (Å²) in [4.78, 5) is 26.9. The number of likely N-dealkylation sites (tertiary alicyclic amines) is 1. The van der Waals surface area contributed by atoms with Gasteiger partial charge in [0.2, 0.25) is 5.91 Å². The van der Waals surface area contributed by atoms with Crippen LogP contribution in [0.1, 0.15) is 30.1 Å². The van der Waals surface area contributed by atoms with E-state index in [1.54, 1.807) is 17.0 Å². The Morgan fingerprint density at radius 1 is 1.33 bits per heavy atom. The number of rotatable bonds is 8. The normalized spacial score (nSPS) is 16.7. The molecule has 0 radical (unpaired) electrons. The fourth-order valence-corrected chi connectivity index (χ4v) is 3.60. The lowest BCUT2D eigenvalue weighted by molar-refractivity contribution is -0.113. The molecule has 0 saturated carbocycles. The van der Waals surface area contributed by atoms with Gasteiger partial charge in [-0.25, -0.2) is 0 Å². The molecular weight excluding hydrogens is 368 g/mol. The maximum atomic E-state index is 13.0. The maximum absolute atomic E-state index is 13.0. The fourth-order valence-electron chi connectivity index (χ4n) is 3.14. The van der Waals surface area contributed by atoms with E-state index in [2.05, 4.69) is 5.32 Å². The molecule has 2 rings (SSSR count). The second-order valence-corrected chi connectivity index (χ2v) is 7.66. The molecule has 0 aliphatic carbocycles. The van der Waals surface area contributed by atoms with Crippen molar-refractivity contribution in [2.24, 2.45) is 5.92 Å². The first kappa shape index (κ1) is 21.4. The van der Waals surface area contributed by atoms with E-state index in [0.717, 1.165) is 18.6 Å². The number of carbonyl (C=O) groups excluding carboxylic acids is 2. The molecule has 150 valence electrons. The number of aliphatic hydroxyl groups is 1. The van der Waals surface area contributed by atoms with Crippen LogP contribution < -0.4 is 14.8 Å². The zero-order valence-electron chi connectivity index (χ0n) is 16.1. The van der Waals surface area contributed by atoms with Crippen molar-refractivity contribution in [1.82, 2.24) is 4.90 Å². The zero-order valence-corrected chi connectivity index (χ0v) is 16.9. The average Bonchev–Trinajstić information content (AvgIpc) is 2.70. The molecule has 1 unspecified atom stereocenters. The van der Waals surface area contributed by atoms with Crippen molar-refractivity contribution in [2.45, 2.75) is 19.8 Å². The van der Waals surface area contributed by atoms with E-state index in [9.17, 15) is 14.7 Å². The molecule has 7 nitrogen and oxygen atoms in total. The van der Waals surface area contributed by atoms with Gasteiger partial charge in [-0.15, -0.1) is 0 Å². The predicted molar refractivity (Wildman–Crippen MR) is 107 cm³/mol. The monoisotopic (exact) mass is 396 g/mol. The molecule has 1 aromatic rings. The van der Waals surface area contributed by atoms with Crippen molar-refractivity contribution in [3.8, 4) is 11.5 Å². The molecule has 0 spiro atoms. The number of hydrogen-bond donors (Lipinski definition) is 2. The van der Waals surface area contributed by atoms with E-state index in [0.29, 0.717) is 41.6 Å². The molecule has 1 fully saturated rings. The molecule has 1 aromatic carbocycles. The summed E-state index contributed by atoms with van der Waals surface area (Å²) in [6.07, 6.45) is 1.78. The van der Waals surface area contributed by atoms with Gasteiger partial charge in [0, 0.05) is 25.3 Å². The van der Waals surface area contributed by atoms with Crippen molar-refractivity contribution >= 4 is 29.3 Å². The molecule has 0 bridgehead atoms. The number of hydrogen-bond acceptors (Lipinski definition) is 6. The Kier molecular flexibility index (Phi) is 8.24. The van der Waals surface area contributed by atoms with Gasteiger partial charge >= 0.3 is 0 Å². The van der Waals surface area contributed by atoms with Crippen LogP contribution in [0.15, 0.2) is 12.1 Å². The summed E-state index contributed by atoms with van der Waals surface area (Å²) >= 11 is 1.51. The minimum absolute atomic E-state index is 0.0755. The fraction of sp³-hybridized carbons (Fsp3) is 0.579. The zero-order chi connectivity index (χ0) is 19.8. The average molecular weight is 397 g/mol. The lowest BCUT2D eigenvalue weighted by Gasteiger charge is -2.32. The van der Waals surface area contributed by atoms with Gasteiger partial charge in [-0.2, -0.15) is 11.8 Å². The van der Waals surface area contributed by atoms with Crippen molar-refractivity contribution < 1.29 is 24.2 Å². The lowest BCUT2D eigenvalue weighted by atomic mass is 9.98. The number of benzene rings is 1. The second kappa shape index (κ2) is 10.4. The maximum Gasteiger partial charge on any atom is 0.254 e. The Balaban J connectivity index is 2.29. The minimum Gasteiger partial charge on any atom is -0.493 e. The molecule has 1 aliphatic heterocycles. The summed E-state index contributed by atoms with van der Waals surface area (Å²) < 4.78 is 10.8. The highest BCUT2D eigenvalue weighted by Gasteiger charge is 2.26. The van der Waals surface area contributed by atoms with Crippen molar-refractivity contribution in [1.29, 1.82) is 0 Å². The van der Waals surface area contributed by atoms with Crippen LogP contribution in [-0.2, 0) is 4.79 Å². The van der Waals surface area contributed by atoms with E-state index in [1.807, 2.05) is 6.92 Å². The quantitative estimate of drug-likeness (QED) is 0.701. The molecule has 27 heavy (non-hydrogen) atoms. The van der Waals surface area contributed by atoms with Crippen LogP contribution >= 0.6 is 11.8 Å². The topological polar surface area (TPSA) is 88.1 Å². The van der Waals surface area contributed by atoms with Crippen molar-refractivity contribution in [2.75, 3.05) is 50.7 Å². The van der Waals surface area contributed by atoms with E-state index in [4.69, 9.17) is 9.47 Å². The number of nitrogens with one attached hydrogen (secondary N) is 1. The number of thioether (sulfide) groups is 1. The summed E-state index contributed by atoms with van der Waals surface area (Å²) in [5, 5.41) is 12.2. The van der Waals surface area contributed by atoms with Gasteiger partial charge in [0.05, 0.1) is 25.7 Å². The van der Waals surface area contributed by atoms with E-state index in [-0.39, 0.29) is 24.3 Å². The number of methoxy groups -OCH3 is 2. The Hall–Kier alpha value is -1.93. The van der Waals surface area contributed by atoms with E-state index >= 15 is 0 Å². The Bertz CT molecular complexity index is 668. The number of ether oxygens (including phenoxy) is 2. The van der Waals surface area contributed by atoms with Gasteiger partial charge in [-0.05, 0) is 36.6 Å². The number of anilines is 1. The smallest absolute Gasteiger partial charge is 0.254 e. The van der Waals surface area contributed by atoms with Crippen LogP contribution in [0.25, 0.3) is 0 Å². The molecular formula is C19H28N2O5S. The summed E-state index contributed by atoms with van der Waals surface area (Å²) in [5.74, 6) is 1.73. The predicted octanol–water partition coefficient (Wildman–Crippen LogP) is 2.24. The number of piperidine rings is 1. The summed E-state index contributed by atoms with van der Waals surface area (Å²) in [6, 6.07) is 3.25. The molecule has 2 amide bonds. The van der Waals surface area contributed by atoms with Gasteiger partial charge < -0.3 is 24.8 Å². The van der Waals surface area contributed by atoms with E-state index < -0.39 is 0 Å². The first-order valence-electron chi connectivity index (χ1n) is 9.07. The Morgan fingerprint density at radius 3 is 2.74 bits per heavy atom. The minimum atomic E-state index is -0.162. The molecule has 8 heteroatoms. The first-order chi connectivity index (χ1) is 13.0. The standard InChI is InChI=1S/C19H28N2O5S/c1-4-27-12-17(23)20-15-8-14(9-16(25-2)18(15)26-3)19(24)21-7-5-6-13(10-21)11-22/h8-9,13,22H,4-7,10-12H2,1-3H3,(H,20,23). The van der Waals surface area contributed by atoms with Crippen LogP contribution in [0.5, 0.6) is 11.5 Å². The number of nitrogens with zero attached hydrogens (tertiary/aromatic N) is 1. The largest absolute Gasteiger partial charge is 0.493 e. The first-order valence-corrected chi connectivity index (χ1v) is 10.2. The number of amides is 2. The molecule has 1 heterocycles. The van der Waals surface area contributed by atoms with Crippen LogP contribution in [0, 0.1) is 5.92 Å². The van der Waals surface area contributed by atoms with Gasteiger partial charge in [0.15, 0.2) is 11.5 Å². The SMILES string of the molecule is CCSCC(=O)Nc1cc(C(=O)N2CCCC(CO)C2)cc(OC)c1OC. The Morgan fingerprint density at radius 2 is 2.11 bits per heavy atom.